The van der Waals surface area contributed by atoms with E-state index in [0.29, 0.717) is 0 Å². The van der Waals surface area contributed by atoms with Crippen molar-refractivity contribution in [2.45, 2.75) is 26.8 Å². The number of aryl methyl sites for hydroxylation is 1. The second-order valence-electron chi connectivity index (χ2n) is 4.20. The summed E-state index contributed by atoms with van der Waals surface area (Å²) in [6.07, 6.45) is 0. The molecule has 0 aromatic heterocycles. The average Bonchev–Trinajstić information content (AvgIpc) is 2.23. The minimum Gasteiger partial charge on any atom is -0.381 e. The zero-order valence-electron chi connectivity index (χ0n) is 10.3. The molecule has 0 aliphatic rings. The molecule has 3 nitrogen and oxygen atoms in total. The smallest absolute Gasteiger partial charge is 0.152 e. The Bertz CT molecular complexity index is 485. The normalized spacial score (nSPS) is 13.4. The second kappa shape index (κ2) is 5.87. The van der Waals surface area contributed by atoms with Gasteiger partial charge in [0.15, 0.2) is 9.84 Å². The van der Waals surface area contributed by atoms with Gasteiger partial charge in [0.25, 0.3) is 0 Å². The summed E-state index contributed by atoms with van der Waals surface area (Å²) in [7, 11) is -2.94. The van der Waals surface area contributed by atoms with Crippen LogP contribution < -0.4 is 5.32 Å². The molecule has 1 rings (SSSR count). The van der Waals surface area contributed by atoms with Crippen LogP contribution in [-0.4, -0.2) is 26.0 Å². The molecule has 0 aliphatic carbocycles. The monoisotopic (exact) mass is 319 g/mol. The van der Waals surface area contributed by atoms with Gasteiger partial charge in [-0.15, -0.1) is 0 Å². The molecule has 96 valence electrons. The Balaban J connectivity index is 2.74. The fourth-order valence-corrected chi connectivity index (χ4v) is 3.00. The van der Waals surface area contributed by atoms with Gasteiger partial charge in [-0.25, -0.2) is 8.42 Å². The Morgan fingerprint density at radius 2 is 2.06 bits per heavy atom. The molecule has 17 heavy (non-hydrogen) atoms. The second-order valence-corrected chi connectivity index (χ2v) is 7.52. The highest BCUT2D eigenvalue weighted by Crippen LogP contribution is 2.21. The Morgan fingerprint density at radius 3 is 2.65 bits per heavy atom. The first-order valence-corrected chi connectivity index (χ1v) is 8.18. The number of hydrogen-bond acceptors (Lipinski definition) is 3. The van der Waals surface area contributed by atoms with E-state index in [-0.39, 0.29) is 17.5 Å². The highest BCUT2D eigenvalue weighted by atomic mass is 79.9. The molecule has 1 atom stereocenters. The van der Waals surface area contributed by atoms with Crippen molar-refractivity contribution in [3.63, 3.8) is 0 Å². The van der Waals surface area contributed by atoms with Crippen LogP contribution >= 0.6 is 15.9 Å². The predicted octanol–water partition coefficient (Wildman–Crippen LogP) is 2.99. The van der Waals surface area contributed by atoms with E-state index in [4.69, 9.17) is 0 Å². The molecule has 1 N–H and O–H groups in total. The molecule has 0 spiro atoms. The zero-order chi connectivity index (χ0) is 13.1. The van der Waals surface area contributed by atoms with Gasteiger partial charge in [0.1, 0.15) is 0 Å². The van der Waals surface area contributed by atoms with Crippen molar-refractivity contribution >= 4 is 31.5 Å². The molecule has 0 aliphatic heterocycles. The van der Waals surface area contributed by atoms with E-state index in [2.05, 4.69) is 21.2 Å². The summed E-state index contributed by atoms with van der Waals surface area (Å²) in [6, 6.07) is 5.83. The molecule has 0 amide bonds. The maximum atomic E-state index is 11.5. The first kappa shape index (κ1) is 14.5. The lowest BCUT2D eigenvalue weighted by molar-refractivity contribution is 0.593. The minimum atomic E-state index is -2.94. The van der Waals surface area contributed by atoms with Crippen LogP contribution in [0, 0.1) is 6.92 Å². The first-order valence-electron chi connectivity index (χ1n) is 5.57. The Hall–Kier alpha value is -0.550. The highest BCUT2D eigenvalue weighted by molar-refractivity contribution is 9.10. The van der Waals surface area contributed by atoms with Crippen molar-refractivity contribution in [3.05, 3.63) is 28.2 Å². The van der Waals surface area contributed by atoms with Gasteiger partial charge in [0.05, 0.1) is 5.75 Å². The molecule has 0 saturated carbocycles. The number of anilines is 1. The molecular weight excluding hydrogens is 302 g/mol. The van der Waals surface area contributed by atoms with E-state index >= 15 is 0 Å². The topological polar surface area (TPSA) is 46.2 Å². The van der Waals surface area contributed by atoms with Crippen molar-refractivity contribution in [1.82, 2.24) is 0 Å². The number of nitrogens with one attached hydrogen (secondary N) is 1. The van der Waals surface area contributed by atoms with Crippen LogP contribution in [0.4, 0.5) is 5.69 Å². The summed E-state index contributed by atoms with van der Waals surface area (Å²) >= 11 is 3.40. The van der Waals surface area contributed by atoms with Crippen molar-refractivity contribution < 1.29 is 8.42 Å². The van der Waals surface area contributed by atoms with Gasteiger partial charge < -0.3 is 5.32 Å². The molecule has 0 saturated heterocycles. The molecule has 1 unspecified atom stereocenters. The van der Waals surface area contributed by atoms with Crippen molar-refractivity contribution in [2.75, 3.05) is 16.8 Å². The third-order valence-corrected chi connectivity index (χ3v) is 4.93. The maximum Gasteiger partial charge on any atom is 0.152 e. The number of rotatable bonds is 5. The van der Waals surface area contributed by atoms with Gasteiger partial charge >= 0.3 is 0 Å². The molecule has 0 heterocycles. The van der Waals surface area contributed by atoms with Crippen LogP contribution in [0.25, 0.3) is 0 Å². The van der Waals surface area contributed by atoms with Gasteiger partial charge in [0.2, 0.25) is 0 Å². The molecular formula is C12H18BrNO2S. The van der Waals surface area contributed by atoms with Gasteiger partial charge in [0, 0.05) is 22.0 Å². The van der Waals surface area contributed by atoms with Crippen LogP contribution in [0.15, 0.2) is 22.7 Å². The summed E-state index contributed by atoms with van der Waals surface area (Å²) in [4.78, 5) is 0. The summed E-state index contributed by atoms with van der Waals surface area (Å²) in [5.41, 5.74) is 2.08. The van der Waals surface area contributed by atoms with E-state index in [0.717, 1.165) is 15.7 Å². The summed E-state index contributed by atoms with van der Waals surface area (Å²) < 4.78 is 24.0. The number of benzene rings is 1. The lowest BCUT2D eigenvalue weighted by Gasteiger charge is -2.17. The Morgan fingerprint density at radius 1 is 1.41 bits per heavy atom. The number of halogens is 1. The standard InChI is InChI=1S/C12H18BrNO2S/c1-4-17(15,16)8-10(3)14-12-7-11(13)6-5-9(12)2/h5-7,10,14H,4,8H2,1-3H3. The summed E-state index contributed by atoms with van der Waals surface area (Å²) in [5, 5.41) is 3.23. The van der Waals surface area contributed by atoms with E-state index in [9.17, 15) is 8.42 Å². The first-order chi connectivity index (χ1) is 7.84. The average molecular weight is 320 g/mol. The minimum absolute atomic E-state index is 0.0899. The fraction of sp³-hybridized carbons (Fsp3) is 0.500. The van der Waals surface area contributed by atoms with Gasteiger partial charge in [-0.05, 0) is 31.5 Å². The summed E-state index contributed by atoms with van der Waals surface area (Å²) in [6.45, 7) is 5.55. The molecule has 0 fully saturated rings. The predicted molar refractivity (Wildman–Crippen MR) is 76.3 cm³/mol. The number of hydrogen-bond donors (Lipinski definition) is 1. The Labute approximate surface area is 112 Å². The van der Waals surface area contributed by atoms with Gasteiger partial charge in [-0.2, -0.15) is 0 Å². The van der Waals surface area contributed by atoms with Crippen LogP contribution in [0.2, 0.25) is 0 Å². The number of sulfone groups is 1. The largest absolute Gasteiger partial charge is 0.381 e. The Kier molecular flexibility index (Phi) is 5.01. The highest BCUT2D eigenvalue weighted by Gasteiger charge is 2.14. The molecule has 1 aromatic carbocycles. The van der Waals surface area contributed by atoms with Gasteiger partial charge in [-0.1, -0.05) is 28.9 Å². The van der Waals surface area contributed by atoms with Crippen LogP contribution in [0.1, 0.15) is 19.4 Å². The van der Waals surface area contributed by atoms with Crippen LogP contribution in [0.3, 0.4) is 0 Å². The lowest BCUT2D eigenvalue weighted by atomic mass is 10.2. The van der Waals surface area contributed by atoms with Crippen molar-refractivity contribution in [2.24, 2.45) is 0 Å². The fourth-order valence-electron chi connectivity index (χ4n) is 1.56. The molecule has 1 aromatic rings. The maximum absolute atomic E-state index is 11.5. The lowest BCUT2D eigenvalue weighted by Crippen LogP contribution is -2.27. The third kappa shape index (κ3) is 4.68. The quantitative estimate of drug-likeness (QED) is 0.907. The van der Waals surface area contributed by atoms with Crippen LogP contribution in [0.5, 0.6) is 0 Å². The van der Waals surface area contributed by atoms with E-state index in [1.165, 1.54) is 0 Å². The van der Waals surface area contributed by atoms with Gasteiger partial charge in [-0.3, -0.25) is 0 Å². The molecule has 0 bridgehead atoms. The van der Waals surface area contributed by atoms with Crippen LogP contribution in [-0.2, 0) is 9.84 Å². The molecule has 0 radical (unpaired) electrons. The summed E-state index contributed by atoms with van der Waals surface area (Å²) in [5.74, 6) is 0.353. The van der Waals surface area contributed by atoms with E-state index in [1.807, 2.05) is 32.0 Å². The van der Waals surface area contributed by atoms with Crippen molar-refractivity contribution in [3.8, 4) is 0 Å². The molecule has 5 heteroatoms. The third-order valence-electron chi connectivity index (χ3n) is 2.55. The van der Waals surface area contributed by atoms with E-state index < -0.39 is 9.84 Å². The van der Waals surface area contributed by atoms with E-state index in [1.54, 1.807) is 6.92 Å². The SMILES string of the molecule is CCS(=O)(=O)CC(C)Nc1cc(Br)ccc1C. The zero-order valence-corrected chi connectivity index (χ0v) is 12.7. The van der Waals surface area contributed by atoms with Crippen molar-refractivity contribution in [1.29, 1.82) is 0 Å².